The third-order valence-corrected chi connectivity index (χ3v) is 3.01. The summed E-state index contributed by atoms with van der Waals surface area (Å²) in [6.07, 6.45) is 2.62. The molecule has 1 N–H and O–H groups in total. The molecule has 1 aliphatic rings. The molecule has 0 amide bonds. The van der Waals surface area contributed by atoms with Crippen LogP contribution in [0.25, 0.3) is 0 Å². The van der Waals surface area contributed by atoms with Crippen LogP contribution in [0.2, 0.25) is 0 Å². The summed E-state index contributed by atoms with van der Waals surface area (Å²) < 4.78 is 11.1. The summed E-state index contributed by atoms with van der Waals surface area (Å²) in [5.74, 6) is 1.65. The highest BCUT2D eigenvalue weighted by atomic mass is 16.5. The number of ether oxygens (including phenoxy) is 2. The zero-order valence-corrected chi connectivity index (χ0v) is 10.8. The average Bonchev–Trinajstić information content (AvgIpc) is 2.82. The second-order valence-corrected chi connectivity index (χ2v) is 4.73. The van der Waals surface area contributed by atoms with Crippen LogP contribution in [0.1, 0.15) is 38.3 Å². The summed E-state index contributed by atoms with van der Waals surface area (Å²) in [6.45, 7) is 5.15. The fourth-order valence-corrected chi connectivity index (χ4v) is 2.22. The van der Waals surface area contributed by atoms with Gasteiger partial charge in [-0.25, -0.2) is 0 Å². The van der Waals surface area contributed by atoms with Crippen LogP contribution in [-0.2, 0) is 0 Å². The van der Waals surface area contributed by atoms with Crippen molar-refractivity contribution in [3.8, 4) is 11.5 Å². The Bertz CT molecular complexity index is 370. The van der Waals surface area contributed by atoms with E-state index in [1.807, 2.05) is 19.9 Å². The molecule has 0 spiro atoms. The average molecular weight is 235 g/mol. The molecule has 0 aromatic heterocycles. The van der Waals surface area contributed by atoms with Crippen LogP contribution in [0, 0.1) is 0 Å². The lowest BCUT2D eigenvalue weighted by Gasteiger charge is -2.16. The standard InChI is InChI=1S/C14H21NO2/c1-10(2)17-13-7-6-11(9-14(13)16-3)12-5-4-8-15-12/h6-7,9-10,12,15H,4-5,8H2,1-3H3/t12-/m0/s1. The maximum Gasteiger partial charge on any atom is 0.161 e. The minimum Gasteiger partial charge on any atom is -0.493 e. The minimum atomic E-state index is 0.166. The SMILES string of the molecule is COc1cc([C@@H]2CCCN2)ccc1OC(C)C. The van der Waals surface area contributed by atoms with Gasteiger partial charge in [-0.05, 0) is 50.9 Å². The molecular formula is C14H21NO2. The van der Waals surface area contributed by atoms with E-state index in [4.69, 9.17) is 9.47 Å². The molecule has 0 unspecified atom stereocenters. The van der Waals surface area contributed by atoms with Crippen molar-refractivity contribution in [3.63, 3.8) is 0 Å². The Balaban J connectivity index is 2.20. The smallest absolute Gasteiger partial charge is 0.161 e. The molecule has 2 rings (SSSR count). The molecule has 1 aromatic rings. The highest BCUT2D eigenvalue weighted by Gasteiger charge is 2.18. The van der Waals surface area contributed by atoms with Crippen LogP contribution in [0.5, 0.6) is 11.5 Å². The second-order valence-electron chi connectivity index (χ2n) is 4.73. The quantitative estimate of drug-likeness (QED) is 0.870. The van der Waals surface area contributed by atoms with Crippen molar-refractivity contribution in [1.82, 2.24) is 5.32 Å². The molecular weight excluding hydrogens is 214 g/mol. The van der Waals surface area contributed by atoms with E-state index in [1.54, 1.807) is 7.11 Å². The van der Waals surface area contributed by atoms with Gasteiger partial charge in [0.1, 0.15) is 0 Å². The third kappa shape index (κ3) is 2.91. The van der Waals surface area contributed by atoms with Crippen molar-refractivity contribution in [2.24, 2.45) is 0 Å². The van der Waals surface area contributed by atoms with Gasteiger partial charge in [0.15, 0.2) is 11.5 Å². The van der Waals surface area contributed by atoms with Crippen molar-refractivity contribution in [3.05, 3.63) is 23.8 Å². The molecule has 1 aromatic carbocycles. The van der Waals surface area contributed by atoms with E-state index in [9.17, 15) is 0 Å². The van der Waals surface area contributed by atoms with Crippen molar-refractivity contribution < 1.29 is 9.47 Å². The molecule has 1 heterocycles. The maximum absolute atomic E-state index is 5.71. The van der Waals surface area contributed by atoms with Crippen molar-refractivity contribution in [2.75, 3.05) is 13.7 Å². The fraction of sp³-hybridized carbons (Fsp3) is 0.571. The van der Waals surface area contributed by atoms with Gasteiger partial charge in [0.05, 0.1) is 13.2 Å². The van der Waals surface area contributed by atoms with Gasteiger partial charge in [-0.3, -0.25) is 0 Å². The molecule has 3 heteroatoms. The first-order valence-corrected chi connectivity index (χ1v) is 6.28. The number of hydrogen-bond donors (Lipinski definition) is 1. The number of rotatable bonds is 4. The summed E-state index contributed by atoms with van der Waals surface area (Å²) in [6, 6.07) is 6.69. The van der Waals surface area contributed by atoms with Gasteiger partial charge >= 0.3 is 0 Å². The van der Waals surface area contributed by atoms with E-state index in [0.29, 0.717) is 6.04 Å². The van der Waals surface area contributed by atoms with Gasteiger partial charge in [0.25, 0.3) is 0 Å². The Morgan fingerprint density at radius 1 is 1.29 bits per heavy atom. The number of hydrogen-bond acceptors (Lipinski definition) is 3. The lowest BCUT2D eigenvalue weighted by Crippen LogP contribution is -2.13. The van der Waals surface area contributed by atoms with Gasteiger partial charge in [0.2, 0.25) is 0 Å². The van der Waals surface area contributed by atoms with E-state index in [1.165, 1.54) is 18.4 Å². The third-order valence-electron chi connectivity index (χ3n) is 3.01. The first kappa shape index (κ1) is 12.2. The van der Waals surface area contributed by atoms with E-state index in [0.717, 1.165) is 18.0 Å². The zero-order chi connectivity index (χ0) is 12.3. The van der Waals surface area contributed by atoms with Gasteiger partial charge in [-0.15, -0.1) is 0 Å². The lowest BCUT2D eigenvalue weighted by atomic mass is 10.0. The summed E-state index contributed by atoms with van der Waals surface area (Å²) in [5, 5.41) is 3.49. The first-order chi connectivity index (χ1) is 8.20. The highest BCUT2D eigenvalue weighted by molar-refractivity contribution is 5.44. The molecule has 0 aliphatic carbocycles. The van der Waals surface area contributed by atoms with Crippen LogP contribution < -0.4 is 14.8 Å². The molecule has 0 bridgehead atoms. The Morgan fingerprint density at radius 2 is 2.12 bits per heavy atom. The van der Waals surface area contributed by atoms with E-state index in [2.05, 4.69) is 17.4 Å². The van der Waals surface area contributed by atoms with Gasteiger partial charge in [-0.1, -0.05) is 6.07 Å². The Labute approximate surface area is 103 Å². The Hall–Kier alpha value is -1.22. The highest BCUT2D eigenvalue weighted by Crippen LogP contribution is 2.33. The molecule has 1 atom stereocenters. The minimum absolute atomic E-state index is 0.166. The molecule has 0 saturated carbocycles. The molecule has 1 saturated heterocycles. The molecule has 1 aliphatic heterocycles. The zero-order valence-electron chi connectivity index (χ0n) is 10.8. The summed E-state index contributed by atoms with van der Waals surface area (Å²) in [5.41, 5.74) is 1.29. The monoisotopic (exact) mass is 235 g/mol. The summed E-state index contributed by atoms with van der Waals surface area (Å²) >= 11 is 0. The molecule has 1 fully saturated rings. The summed E-state index contributed by atoms with van der Waals surface area (Å²) in [4.78, 5) is 0. The largest absolute Gasteiger partial charge is 0.493 e. The molecule has 3 nitrogen and oxygen atoms in total. The van der Waals surface area contributed by atoms with Crippen LogP contribution >= 0.6 is 0 Å². The topological polar surface area (TPSA) is 30.5 Å². The van der Waals surface area contributed by atoms with Crippen LogP contribution in [0.15, 0.2) is 18.2 Å². The van der Waals surface area contributed by atoms with E-state index < -0.39 is 0 Å². The van der Waals surface area contributed by atoms with Crippen LogP contribution in [0.3, 0.4) is 0 Å². The van der Waals surface area contributed by atoms with Gasteiger partial charge in [0, 0.05) is 6.04 Å². The Kier molecular flexibility index (Phi) is 3.89. The van der Waals surface area contributed by atoms with Crippen molar-refractivity contribution >= 4 is 0 Å². The normalized spacial score (nSPS) is 19.6. The van der Waals surface area contributed by atoms with Gasteiger partial charge in [-0.2, -0.15) is 0 Å². The van der Waals surface area contributed by atoms with E-state index >= 15 is 0 Å². The van der Waals surface area contributed by atoms with Crippen LogP contribution in [0.4, 0.5) is 0 Å². The molecule has 94 valence electrons. The van der Waals surface area contributed by atoms with Gasteiger partial charge < -0.3 is 14.8 Å². The number of benzene rings is 1. The molecule has 17 heavy (non-hydrogen) atoms. The van der Waals surface area contributed by atoms with Crippen molar-refractivity contribution in [2.45, 2.75) is 38.8 Å². The molecule has 0 radical (unpaired) electrons. The number of nitrogens with one attached hydrogen (secondary N) is 1. The number of methoxy groups -OCH3 is 1. The Morgan fingerprint density at radius 3 is 2.71 bits per heavy atom. The lowest BCUT2D eigenvalue weighted by molar-refractivity contribution is 0.230. The summed E-state index contributed by atoms with van der Waals surface area (Å²) in [7, 11) is 1.69. The predicted octanol–water partition coefficient (Wildman–Crippen LogP) is 2.91. The second kappa shape index (κ2) is 5.41. The predicted molar refractivity (Wildman–Crippen MR) is 68.7 cm³/mol. The van der Waals surface area contributed by atoms with Crippen molar-refractivity contribution in [1.29, 1.82) is 0 Å². The maximum atomic E-state index is 5.71. The fourth-order valence-electron chi connectivity index (χ4n) is 2.22. The van der Waals surface area contributed by atoms with E-state index in [-0.39, 0.29) is 6.10 Å². The first-order valence-electron chi connectivity index (χ1n) is 6.28. The van der Waals surface area contributed by atoms with Crippen LogP contribution in [-0.4, -0.2) is 19.8 Å².